The van der Waals surface area contributed by atoms with Gasteiger partial charge in [0.25, 0.3) is 0 Å². The van der Waals surface area contributed by atoms with E-state index in [0.717, 1.165) is 29.7 Å². The molecule has 0 amide bonds. The lowest BCUT2D eigenvalue weighted by Crippen LogP contribution is -2.13. The molecule has 0 fully saturated rings. The third-order valence-corrected chi connectivity index (χ3v) is 3.40. The van der Waals surface area contributed by atoms with Gasteiger partial charge in [0.15, 0.2) is 0 Å². The first-order valence-electron chi connectivity index (χ1n) is 5.44. The topological polar surface area (TPSA) is 37.3 Å². The van der Waals surface area contributed by atoms with Gasteiger partial charge in [-0.3, -0.25) is 4.79 Å². The molecule has 0 aromatic heterocycles. The maximum Gasteiger partial charge on any atom is 0.310 e. The van der Waals surface area contributed by atoms with E-state index in [4.69, 9.17) is 0 Å². The zero-order chi connectivity index (χ0) is 12.0. The number of thioether (sulfide) groups is 1. The van der Waals surface area contributed by atoms with E-state index >= 15 is 0 Å². The van der Waals surface area contributed by atoms with Crippen molar-refractivity contribution in [2.75, 3.05) is 12.0 Å². The summed E-state index contributed by atoms with van der Waals surface area (Å²) in [7, 11) is 0. The number of hydrogen-bond donors (Lipinski definition) is 1. The smallest absolute Gasteiger partial charge is 0.310 e. The molecule has 0 bridgehead atoms. The Balaban J connectivity index is 2.78. The summed E-state index contributed by atoms with van der Waals surface area (Å²) in [6.07, 6.45) is 3.72. The molecule has 1 atom stereocenters. The van der Waals surface area contributed by atoms with Gasteiger partial charge < -0.3 is 5.11 Å². The van der Waals surface area contributed by atoms with E-state index in [1.54, 1.807) is 11.8 Å². The van der Waals surface area contributed by atoms with E-state index < -0.39 is 5.97 Å². The molecule has 0 heterocycles. The van der Waals surface area contributed by atoms with Crippen LogP contribution in [0, 0.1) is 6.92 Å². The normalized spacial score (nSPS) is 12.4. The van der Waals surface area contributed by atoms with E-state index in [9.17, 15) is 9.90 Å². The Kier molecular flexibility index (Phi) is 5.39. The SMILES string of the molecule is CSCCCC(C(=O)O)c1ccccc1C. The van der Waals surface area contributed by atoms with Crippen molar-refractivity contribution in [3.63, 3.8) is 0 Å². The fourth-order valence-electron chi connectivity index (χ4n) is 1.82. The van der Waals surface area contributed by atoms with Crippen molar-refractivity contribution < 1.29 is 9.90 Å². The standard InChI is InChI=1S/C13H18O2S/c1-10-6-3-4-7-11(10)12(13(14)15)8-5-9-16-2/h3-4,6-7,12H,5,8-9H2,1-2H3,(H,14,15). The Labute approximate surface area is 101 Å². The molecule has 0 aliphatic carbocycles. The third-order valence-electron chi connectivity index (χ3n) is 2.70. The summed E-state index contributed by atoms with van der Waals surface area (Å²) in [5, 5.41) is 9.24. The summed E-state index contributed by atoms with van der Waals surface area (Å²) in [6.45, 7) is 1.97. The Hall–Kier alpha value is -0.960. The second kappa shape index (κ2) is 6.59. The minimum Gasteiger partial charge on any atom is -0.481 e. The predicted molar refractivity (Wildman–Crippen MR) is 69.2 cm³/mol. The highest BCUT2D eigenvalue weighted by Crippen LogP contribution is 2.25. The van der Waals surface area contributed by atoms with Gasteiger partial charge in [-0.25, -0.2) is 0 Å². The van der Waals surface area contributed by atoms with E-state index in [1.807, 2.05) is 37.4 Å². The van der Waals surface area contributed by atoms with Crippen LogP contribution in [-0.2, 0) is 4.79 Å². The highest BCUT2D eigenvalue weighted by Gasteiger charge is 2.20. The van der Waals surface area contributed by atoms with Gasteiger partial charge in [-0.05, 0) is 42.9 Å². The van der Waals surface area contributed by atoms with Gasteiger partial charge in [0.05, 0.1) is 5.92 Å². The number of carbonyl (C=O) groups is 1. The molecule has 16 heavy (non-hydrogen) atoms. The Morgan fingerprint density at radius 1 is 1.44 bits per heavy atom. The maximum atomic E-state index is 11.2. The maximum absolute atomic E-state index is 11.2. The van der Waals surface area contributed by atoms with Crippen LogP contribution in [0.2, 0.25) is 0 Å². The summed E-state index contributed by atoms with van der Waals surface area (Å²) in [4.78, 5) is 11.2. The van der Waals surface area contributed by atoms with Crippen LogP contribution in [0.4, 0.5) is 0 Å². The molecule has 0 saturated carbocycles. The molecule has 2 nitrogen and oxygen atoms in total. The quantitative estimate of drug-likeness (QED) is 0.773. The first kappa shape index (κ1) is 13.1. The molecule has 1 rings (SSSR count). The van der Waals surface area contributed by atoms with E-state index in [0.29, 0.717) is 0 Å². The summed E-state index contributed by atoms with van der Waals surface area (Å²) >= 11 is 1.76. The van der Waals surface area contributed by atoms with Gasteiger partial charge in [0, 0.05) is 0 Å². The second-order valence-corrected chi connectivity index (χ2v) is 4.87. The van der Waals surface area contributed by atoms with Crippen molar-refractivity contribution in [2.45, 2.75) is 25.7 Å². The summed E-state index contributed by atoms with van der Waals surface area (Å²) in [6, 6.07) is 7.75. The van der Waals surface area contributed by atoms with Crippen molar-refractivity contribution in [1.29, 1.82) is 0 Å². The second-order valence-electron chi connectivity index (χ2n) is 3.88. The lowest BCUT2D eigenvalue weighted by atomic mass is 9.91. The molecule has 1 unspecified atom stereocenters. The Bertz CT molecular complexity index is 350. The van der Waals surface area contributed by atoms with E-state index in [2.05, 4.69) is 0 Å². The number of rotatable bonds is 6. The van der Waals surface area contributed by atoms with Crippen molar-refractivity contribution in [1.82, 2.24) is 0 Å². The van der Waals surface area contributed by atoms with Crippen molar-refractivity contribution >= 4 is 17.7 Å². The molecular weight excluding hydrogens is 220 g/mol. The monoisotopic (exact) mass is 238 g/mol. The molecular formula is C13H18O2S. The molecule has 0 aliphatic rings. The highest BCUT2D eigenvalue weighted by molar-refractivity contribution is 7.98. The molecule has 0 aliphatic heterocycles. The zero-order valence-corrected chi connectivity index (χ0v) is 10.6. The molecule has 1 aromatic carbocycles. The highest BCUT2D eigenvalue weighted by atomic mass is 32.2. The molecule has 1 aromatic rings. The van der Waals surface area contributed by atoms with Gasteiger partial charge in [-0.2, -0.15) is 11.8 Å². The molecule has 0 radical (unpaired) electrons. The number of benzene rings is 1. The van der Waals surface area contributed by atoms with E-state index in [1.165, 1.54) is 0 Å². The lowest BCUT2D eigenvalue weighted by molar-refractivity contribution is -0.139. The lowest BCUT2D eigenvalue weighted by Gasteiger charge is -2.14. The van der Waals surface area contributed by atoms with Crippen LogP contribution in [-0.4, -0.2) is 23.1 Å². The van der Waals surface area contributed by atoms with Gasteiger partial charge >= 0.3 is 5.97 Å². The van der Waals surface area contributed by atoms with Crippen molar-refractivity contribution in [3.05, 3.63) is 35.4 Å². The van der Waals surface area contributed by atoms with Crippen LogP contribution in [0.3, 0.4) is 0 Å². The Morgan fingerprint density at radius 3 is 2.69 bits per heavy atom. The van der Waals surface area contributed by atoms with Crippen LogP contribution in [0.5, 0.6) is 0 Å². The minimum atomic E-state index is -0.713. The van der Waals surface area contributed by atoms with Gasteiger partial charge in [-0.1, -0.05) is 24.3 Å². The van der Waals surface area contributed by atoms with Crippen LogP contribution in [0.1, 0.15) is 29.9 Å². The number of aliphatic carboxylic acids is 1. The summed E-state index contributed by atoms with van der Waals surface area (Å²) in [5.74, 6) is -0.0425. The summed E-state index contributed by atoms with van der Waals surface area (Å²) < 4.78 is 0. The fourth-order valence-corrected chi connectivity index (χ4v) is 2.28. The molecule has 88 valence electrons. The predicted octanol–water partition coefficient (Wildman–Crippen LogP) is 3.31. The largest absolute Gasteiger partial charge is 0.481 e. The van der Waals surface area contributed by atoms with Gasteiger partial charge in [-0.15, -0.1) is 0 Å². The molecule has 0 saturated heterocycles. The first-order chi connectivity index (χ1) is 7.66. The molecule has 1 N–H and O–H groups in total. The summed E-state index contributed by atoms with van der Waals surface area (Å²) in [5.41, 5.74) is 2.02. The van der Waals surface area contributed by atoms with Crippen LogP contribution < -0.4 is 0 Å². The van der Waals surface area contributed by atoms with Gasteiger partial charge in [0.1, 0.15) is 0 Å². The van der Waals surface area contributed by atoms with Crippen LogP contribution in [0.25, 0.3) is 0 Å². The third kappa shape index (κ3) is 3.56. The first-order valence-corrected chi connectivity index (χ1v) is 6.83. The van der Waals surface area contributed by atoms with Gasteiger partial charge in [0.2, 0.25) is 0 Å². The van der Waals surface area contributed by atoms with Crippen molar-refractivity contribution in [3.8, 4) is 0 Å². The van der Waals surface area contributed by atoms with E-state index in [-0.39, 0.29) is 5.92 Å². The molecule has 3 heteroatoms. The average Bonchev–Trinajstić information content (AvgIpc) is 2.25. The van der Waals surface area contributed by atoms with Crippen molar-refractivity contribution in [2.24, 2.45) is 0 Å². The van der Waals surface area contributed by atoms with Crippen LogP contribution in [0.15, 0.2) is 24.3 Å². The van der Waals surface area contributed by atoms with Crippen LogP contribution >= 0.6 is 11.8 Å². The zero-order valence-electron chi connectivity index (χ0n) is 9.77. The fraction of sp³-hybridized carbons (Fsp3) is 0.462. The number of carboxylic acid groups (broad SMARTS) is 1. The molecule has 0 spiro atoms. The minimum absolute atomic E-state index is 0.353. The number of hydrogen-bond acceptors (Lipinski definition) is 2. The number of carboxylic acids is 1. The Morgan fingerprint density at radius 2 is 2.12 bits per heavy atom. The average molecular weight is 238 g/mol. The number of aryl methyl sites for hydroxylation is 1.